The van der Waals surface area contributed by atoms with Gasteiger partial charge in [-0.25, -0.2) is 0 Å². The third kappa shape index (κ3) is 2.98. The lowest BCUT2D eigenvalue weighted by atomic mass is 9.84. The SMILES string of the molecule is CCN(C1CCCC(C)C1)C(C)(C)C. The van der Waals surface area contributed by atoms with Crippen molar-refractivity contribution in [3.8, 4) is 0 Å². The van der Waals surface area contributed by atoms with E-state index in [-0.39, 0.29) is 0 Å². The molecule has 84 valence electrons. The zero-order valence-corrected chi connectivity index (χ0v) is 10.6. The van der Waals surface area contributed by atoms with Crippen molar-refractivity contribution < 1.29 is 0 Å². The van der Waals surface area contributed by atoms with Crippen LogP contribution in [-0.2, 0) is 0 Å². The second-order valence-electron chi connectivity index (χ2n) is 5.88. The highest BCUT2D eigenvalue weighted by Gasteiger charge is 2.30. The molecule has 0 amide bonds. The van der Waals surface area contributed by atoms with E-state index in [2.05, 4.69) is 39.5 Å². The number of rotatable bonds is 2. The van der Waals surface area contributed by atoms with Crippen LogP contribution in [0.5, 0.6) is 0 Å². The molecule has 2 atom stereocenters. The second kappa shape index (κ2) is 4.65. The standard InChI is InChI=1S/C13H27N/c1-6-14(13(3,4)5)12-9-7-8-11(2)10-12/h11-12H,6-10H2,1-5H3. The van der Waals surface area contributed by atoms with Gasteiger partial charge in [-0.2, -0.15) is 0 Å². The highest BCUT2D eigenvalue weighted by atomic mass is 15.2. The molecular formula is C13H27N. The molecule has 1 nitrogen and oxygen atoms in total. The van der Waals surface area contributed by atoms with Crippen molar-refractivity contribution >= 4 is 0 Å². The molecule has 1 fully saturated rings. The predicted octanol–water partition coefficient (Wildman–Crippen LogP) is 3.69. The predicted molar refractivity (Wildman–Crippen MR) is 63.6 cm³/mol. The Hall–Kier alpha value is -0.0400. The van der Waals surface area contributed by atoms with Crippen LogP contribution < -0.4 is 0 Å². The van der Waals surface area contributed by atoms with Gasteiger partial charge in [0.15, 0.2) is 0 Å². The number of hydrogen-bond acceptors (Lipinski definition) is 1. The Morgan fingerprint density at radius 1 is 1.21 bits per heavy atom. The van der Waals surface area contributed by atoms with Gasteiger partial charge in [0.1, 0.15) is 0 Å². The molecule has 0 heterocycles. The molecule has 1 aliphatic carbocycles. The molecule has 1 aliphatic rings. The maximum Gasteiger partial charge on any atom is 0.0127 e. The summed E-state index contributed by atoms with van der Waals surface area (Å²) >= 11 is 0. The summed E-state index contributed by atoms with van der Waals surface area (Å²) in [5, 5.41) is 0. The molecule has 1 rings (SSSR count). The van der Waals surface area contributed by atoms with Gasteiger partial charge in [0, 0.05) is 11.6 Å². The van der Waals surface area contributed by atoms with Gasteiger partial charge in [-0.05, 0) is 46.1 Å². The lowest BCUT2D eigenvalue weighted by Crippen LogP contribution is -2.49. The molecule has 1 heteroatoms. The van der Waals surface area contributed by atoms with Crippen molar-refractivity contribution in [3.05, 3.63) is 0 Å². The smallest absolute Gasteiger partial charge is 0.0127 e. The molecule has 0 radical (unpaired) electrons. The van der Waals surface area contributed by atoms with Crippen molar-refractivity contribution in [2.24, 2.45) is 5.92 Å². The quantitative estimate of drug-likeness (QED) is 0.652. The molecule has 0 aromatic rings. The third-order valence-corrected chi connectivity index (χ3v) is 3.55. The van der Waals surface area contributed by atoms with Gasteiger partial charge in [0.25, 0.3) is 0 Å². The third-order valence-electron chi connectivity index (χ3n) is 3.55. The average Bonchev–Trinajstić information content (AvgIpc) is 2.02. The molecule has 2 unspecified atom stereocenters. The van der Waals surface area contributed by atoms with E-state index in [1.807, 2.05) is 0 Å². The molecule has 0 aromatic carbocycles. The summed E-state index contributed by atoms with van der Waals surface area (Å²) in [6.07, 6.45) is 5.69. The summed E-state index contributed by atoms with van der Waals surface area (Å²) in [5.41, 5.74) is 0.344. The maximum atomic E-state index is 2.68. The van der Waals surface area contributed by atoms with E-state index in [0.29, 0.717) is 5.54 Å². The Balaban J connectivity index is 2.60. The van der Waals surface area contributed by atoms with Gasteiger partial charge < -0.3 is 0 Å². The largest absolute Gasteiger partial charge is 0.296 e. The topological polar surface area (TPSA) is 3.24 Å². The first-order valence-electron chi connectivity index (χ1n) is 6.22. The molecule has 1 saturated carbocycles. The molecular weight excluding hydrogens is 170 g/mol. The average molecular weight is 197 g/mol. The molecule has 0 bridgehead atoms. The zero-order chi connectivity index (χ0) is 10.8. The normalized spacial score (nSPS) is 29.6. The van der Waals surface area contributed by atoms with Gasteiger partial charge in [-0.1, -0.05) is 26.7 Å². The summed E-state index contributed by atoms with van der Waals surface area (Å²) in [4.78, 5) is 2.68. The van der Waals surface area contributed by atoms with Crippen molar-refractivity contribution in [2.45, 2.75) is 71.9 Å². The van der Waals surface area contributed by atoms with E-state index in [0.717, 1.165) is 12.0 Å². The Bertz CT molecular complexity index is 169. The molecule has 0 aromatic heterocycles. The summed E-state index contributed by atoms with van der Waals surface area (Å²) in [7, 11) is 0. The van der Waals surface area contributed by atoms with Crippen LogP contribution in [0.4, 0.5) is 0 Å². The summed E-state index contributed by atoms with van der Waals surface area (Å²) in [5.74, 6) is 0.935. The Kier molecular flexibility index (Phi) is 4.00. The van der Waals surface area contributed by atoms with Crippen LogP contribution in [0.25, 0.3) is 0 Å². The maximum absolute atomic E-state index is 2.68. The fraction of sp³-hybridized carbons (Fsp3) is 1.00. The highest BCUT2D eigenvalue weighted by Crippen LogP contribution is 2.30. The van der Waals surface area contributed by atoms with E-state index in [1.54, 1.807) is 0 Å². The summed E-state index contributed by atoms with van der Waals surface area (Å²) in [6, 6.07) is 0.837. The van der Waals surface area contributed by atoms with Crippen LogP contribution in [0.3, 0.4) is 0 Å². The number of hydrogen-bond donors (Lipinski definition) is 0. The minimum Gasteiger partial charge on any atom is -0.296 e. The van der Waals surface area contributed by atoms with Gasteiger partial charge in [-0.3, -0.25) is 4.90 Å². The molecule has 14 heavy (non-hydrogen) atoms. The summed E-state index contributed by atoms with van der Waals surface area (Å²) < 4.78 is 0. The van der Waals surface area contributed by atoms with Crippen LogP contribution in [0.15, 0.2) is 0 Å². The minimum absolute atomic E-state index is 0.344. The van der Waals surface area contributed by atoms with Crippen molar-refractivity contribution in [1.82, 2.24) is 4.90 Å². The fourth-order valence-electron chi connectivity index (χ4n) is 2.97. The zero-order valence-electron chi connectivity index (χ0n) is 10.6. The fourth-order valence-corrected chi connectivity index (χ4v) is 2.97. The van der Waals surface area contributed by atoms with Crippen LogP contribution >= 0.6 is 0 Å². The highest BCUT2D eigenvalue weighted by molar-refractivity contribution is 4.85. The molecule has 0 spiro atoms. The van der Waals surface area contributed by atoms with Gasteiger partial charge >= 0.3 is 0 Å². The van der Waals surface area contributed by atoms with Crippen molar-refractivity contribution in [2.75, 3.05) is 6.54 Å². The number of nitrogens with zero attached hydrogens (tertiary/aromatic N) is 1. The van der Waals surface area contributed by atoms with Crippen molar-refractivity contribution in [3.63, 3.8) is 0 Å². The first-order chi connectivity index (χ1) is 6.45. The molecule has 0 saturated heterocycles. The lowest BCUT2D eigenvalue weighted by molar-refractivity contribution is 0.0547. The first-order valence-corrected chi connectivity index (χ1v) is 6.22. The van der Waals surface area contributed by atoms with E-state index in [4.69, 9.17) is 0 Å². The molecule has 0 aliphatic heterocycles. The van der Waals surface area contributed by atoms with E-state index < -0.39 is 0 Å². The second-order valence-corrected chi connectivity index (χ2v) is 5.88. The van der Waals surface area contributed by atoms with Crippen LogP contribution in [-0.4, -0.2) is 23.0 Å². The summed E-state index contributed by atoms with van der Waals surface area (Å²) in [6.45, 7) is 12.9. The lowest BCUT2D eigenvalue weighted by Gasteiger charge is -2.44. The molecule has 0 N–H and O–H groups in total. The van der Waals surface area contributed by atoms with Gasteiger partial charge in [0.2, 0.25) is 0 Å². The van der Waals surface area contributed by atoms with E-state index >= 15 is 0 Å². The first kappa shape index (κ1) is 12.0. The van der Waals surface area contributed by atoms with Crippen LogP contribution in [0, 0.1) is 5.92 Å². The monoisotopic (exact) mass is 197 g/mol. The van der Waals surface area contributed by atoms with E-state index in [1.165, 1.54) is 32.2 Å². The van der Waals surface area contributed by atoms with Crippen LogP contribution in [0.2, 0.25) is 0 Å². The Labute approximate surface area is 89.9 Å². The van der Waals surface area contributed by atoms with Gasteiger partial charge in [0.05, 0.1) is 0 Å². The minimum atomic E-state index is 0.344. The Morgan fingerprint density at radius 3 is 2.29 bits per heavy atom. The van der Waals surface area contributed by atoms with Crippen LogP contribution in [0.1, 0.15) is 60.3 Å². The van der Waals surface area contributed by atoms with Gasteiger partial charge in [-0.15, -0.1) is 0 Å². The van der Waals surface area contributed by atoms with Crippen molar-refractivity contribution in [1.29, 1.82) is 0 Å². The van der Waals surface area contributed by atoms with E-state index in [9.17, 15) is 0 Å². The Morgan fingerprint density at radius 2 is 1.86 bits per heavy atom.